The molecule has 3 rings (SSSR count). The van der Waals surface area contributed by atoms with Crippen LogP contribution in [0.4, 0.5) is 10.5 Å². The number of carbonyl (C=O) groups excluding carboxylic acids is 1. The van der Waals surface area contributed by atoms with Crippen LogP contribution in [0, 0.1) is 0 Å². The zero-order valence-corrected chi connectivity index (χ0v) is 13.8. The molecule has 1 fully saturated rings. The van der Waals surface area contributed by atoms with Crippen LogP contribution in [-0.2, 0) is 4.74 Å². The van der Waals surface area contributed by atoms with E-state index in [1.807, 2.05) is 54.2 Å². The van der Waals surface area contributed by atoms with Crippen LogP contribution >= 0.6 is 0 Å². The second-order valence-corrected chi connectivity index (χ2v) is 5.68. The largest absolute Gasteiger partial charge is 0.492 e. The molecule has 2 heterocycles. The van der Waals surface area contributed by atoms with Crippen molar-refractivity contribution in [3.63, 3.8) is 0 Å². The molecule has 128 valence electrons. The molecule has 2 N–H and O–H groups in total. The molecule has 1 aromatic carbocycles. The average molecular weight is 329 g/mol. The summed E-state index contributed by atoms with van der Waals surface area (Å²) in [5, 5.41) is 5.72. The number of ether oxygens (including phenoxy) is 2. The molecule has 1 unspecified atom stereocenters. The summed E-state index contributed by atoms with van der Waals surface area (Å²) in [4.78, 5) is 12.1. The standard InChI is InChI=1S/C18H23N3O3/c1-2-23-17-8-7-14(12-16(17)21-9-3-4-10-21)20-18(22)19-13-15-6-5-11-24-15/h3-4,7-10,12,15H,2,5-6,11,13H2,1H3,(H2,19,20,22). The molecular formula is C18H23N3O3. The third-order valence-electron chi connectivity index (χ3n) is 3.91. The molecule has 1 aliphatic heterocycles. The maximum absolute atomic E-state index is 12.1. The van der Waals surface area contributed by atoms with Crippen molar-refractivity contribution in [1.29, 1.82) is 0 Å². The second kappa shape index (κ2) is 7.88. The third-order valence-corrected chi connectivity index (χ3v) is 3.91. The molecule has 0 bridgehead atoms. The van der Waals surface area contributed by atoms with Crippen molar-refractivity contribution >= 4 is 11.7 Å². The first-order valence-corrected chi connectivity index (χ1v) is 8.33. The minimum absolute atomic E-state index is 0.131. The summed E-state index contributed by atoms with van der Waals surface area (Å²) >= 11 is 0. The Bertz CT molecular complexity index is 664. The van der Waals surface area contributed by atoms with Gasteiger partial charge in [-0.3, -0.25) is 0 Å². The maximum atomic E-state index is 12.1. The molecule has 0 spiro atoms. The number of nitrogens with zero attached hydrogens (tertiary/aromatic N) is 1. The SMILES string of the molecule is CCOc1ccc(NC(=O)NCC2CCCO2)cc1-n1cccc1. The Morgan fingerprint density at radius 2 is 2.21 bits per heavy atom. The topological polar surface area (TPSA) is 64.5 Å². The van der Waals surface area contributed by atoms with Gasteiger partial charge in [0, 0.05) is 31.2 Å². The van der Waals surface area contributed by atoms with Crippen molar-refractivity contribution in [2.75, 3.05) is 25.1 Å². The van der Waals surface area contributed by atoms with Gasteiger partial charge in [0.2, 0.25) is 0 Å². The molecule has 1 atom stereocenters. The molecule has 0 radical (unpaired) electrons. The maximum Gasteiger partial charge on any atom is 0.319 e. The van der Waals surface area contributed by atoms with Gasteiger partial charge in [0.05, 0.1) is 18.4 Å². The number of aromatic nitrogens is 1. The summed E-state index contributed by atoms with van der Waals surface area (Å²) < 4.78 is 13.1. The summed E-state index contributed by atoms with van der Waals surface area (Å²) in [6.07, 6.45) is 6.08. The zero-order valence-electron chi connectivity index (χ0n) is 13.8. The highest BCUT2D eigenvalue weighted by Crippen LogP contribution is 2.27. The number of anilines is 1. The molecule has 0 aliphatic carbocycles. The first-order chi connectivity index (χ1) is 11.8. The van der Waals surface area contributed by atoms with E-state index in [2.05, 4.69) is 10.6 Å². The molecule has 0 saturated carbocycles. The molecule has 6 nitrogen and oxygen atoms in total. The fourth-order valence-corrected chi connectivity index (χ4v) is 2.76. The molecular weight excluding hydrogens is 306 g/mol. The molecule has 1 aromatic heterocycles. The van der Waals surface area contributed by atoms with Crippen molar-refractivity contribution < 1.29 is 14.3 Å². The van der Waals surface area contributed by atoms with Gasteiger partial charge in [-0.2, -0.15) is 0 Å². The van der Waals surface area contributed by atoms with Crippen LogP contribution in [0.15, 0.2) is 42.7 Å². The number of carbonyl (C=O) groups is 1. The van der Waals surface area contributed by atoms with E-state index in [-0.39, 0.29) is 12.1 Å². The van der Waals surface area contributed by atoms with Crippen molar-refractivity contribution in [2.24, 2.45) is 0 Å². The molecule has 2 amide bonds. The van der Waals surface area contributed by atoms with Crippen LogP contribution in [0.2, 0.25) is 0 Å². The van der Waals surface area contributed by atoms with Gasteiger partial charge in [-0.05, 0) is 50.1 Å². The lowest BCUT2D eigenvalue weighted by atomic mass is 10.2. The van der Waals surface area contributed by atoms with E-state index in [1.54, 1.807) is 0 Å². The smallest absolute Gasteiger partial charge is 0.319 e. The quantitative estimate of drug-likeness (QED) is 0.855. The summed E-state index contributed by atoms with van der Waals surface area (Å²) in [5.41, 5.74) is 1.60. The number of amides is 2. The first-order valence-electron chi connectivity index (χ1n) is 8.33. The number of hydrogen-bond acceptors (Lipinski definition) is 3. The highest BCUT2D eigenvalue weighted by Gasteiger charge is 2.16. The predicted octanol–water partition coefficient (Wildman–Crippen LogP) is 3.18. The second-order valence-electron chi connectivity index (χ2n) is 5.68. The zero-order chi connectivity index (χ0) is 16.8. The van der Waals surface area contributed by atoms with Gasteiger partial charge in [0.1, 0.15) is 5.75 Å². The lowest BCUT2D eigenvalue weighted by Gasteiger charge is -2.15. The van der Waals surface area contributed by atoms with Gasteiger partial charge in [0.25, 0.3) is 0 Å². The van der Waals surface area contributed by atoms with Gasteiger partial charge in [-0.15, -0.1) is 0 Å². The Labute approximate surface area is 141 Å². The summed E-state index contributed by atoms with van der Waals surface area (Å²) in [6, 6.07) is 9.27. The van der Waals surface area contributed by atoms with Crippen LogP contribution < -0.4 is 15.4 Å². The molecule has 1 saturated heterocycles. The lowest BCUT2D eigenvalue weighted by molar-refractivity contribution is 0.112. The Kier molecular flexibility index (Phi) is 5.38. The number of nitrogens with one attached hydrogen (secondary N) is 2. The van der Waals surface area contributed by atoms with Crippen LogP contribution in [0.25, 0.3) is 5.69 Å². The first kappa shape index (κ1) is 16.4. The van der Waals surface area contributed by atoms with E-state index >= 15 is 0 Å². The van der Waals surface area contributed by atoms with Crippen molar-refractivity contribution in [1.82, 2.24) is 9.88 Å². The van der Waals surface area contributed by atoms with E-state index in [0.717, 1.165) is 30.9 Å². The fraction of sp³-hybridized carbons (Fsp3) is 0.389. The lowest BCUT2D eigenvalue weighted by Crippen LogP contribution is -2.35. The van der Waals surface area contributed by atoms with E-state index in [9.17, 15) is 4.79 Å². The van der Waals surface area contributed by atoms with Crippen LogP contribution in [0.3, 0.4) is 0 Å². The van der Waals surface area contributed by atoms with Gasteiger partial charge in [0.15, 0.2) is 0 Å². The Hall–Kier alpha value is -2.47. The Morgan fingerprint density at radius 1 is 1.38 bits per heavy atom. The van der Waals surface area contributed by atoms with Gasteiger partial charge >= 0.3 is 6.03 Å². The number of urea groups is 1. The summed E-state index contributed by atoms with van der Waals surface area (Å²) in [5.74, 6) is 0.777. The van der Waals surface area contributed by atoms with Crippen LogP contribution in [0.5, 0.6) is 5.75 Å². The van der Waals surface area contributed by atoms with Crippen molar-refractivity contribution in [2.45, 2.75) is 25.9 Å². The van der Waals surface area contributed by atoms with Gasteiger partial charge in [-0.1, -0.05) is 0 Å². The minimum atomic E-state index is -0.229. The highest BCUT2D eigenvalue weighted by molar-refractivity contribution is 5.89. The highest BCUT2D eigenvalue weighted by atomic mass is 16.5. The van der Waals surface area contributed by atoms with E-state index in [0.29, 0.717) is 18.8 Å². The van der Waals surface area contributed by atoms with E-state index in [4.69, 9.17) is 9.47 Å². The third kappa shape index (κ3) is 4.08. The number of benzene rings is 1. The molecule has 1 aliphatic rings. The average Bonchev–Trinajstić information content (AvgIpc) is 3.28. The van der Waals surface area contributed by atoms with Crippen LogP contribution in [0.1, 0.15) is 19.8 Å². The minimum Gasteiger partial charge on any atom is -0.492 e. The molecule has 6 heteroatoms. The normalized spacial score (nSPS) is 16.8. The Balaban J connectivity index is 1.66. The Morgan fingerprint density at radius 3 is 2.92 bits per heavy atom. The van der Waals surface area contributed by atoms with Crippen molar-refractivity contribution in [3.05, 3.63) is 42.7 Å². The van der Waals surface area contributed by atoms with Gasteiger partial charge in [-0.25, -0.2) is 4.79 Å². The van der Waals surface area contributed by atoms with E-state index in [1.165, 1.54) is 0 Å². The van der Waals surface area contributed by atoms with Gasteiger partial charge < -0.3 is 24.7 Å². The van der Waals surface area contributed by atoms with E-state index < -0.39 is 0 Å². The number of rotatable bonds is 6. The van der Waals surface area contributed by atoms with Crippen LogP contribution in [-0.4, -0.2) is 36.5 Å². The molecule has 24 heavy (non-hydrogen) atoms. The number of hydrogen-bond donors (Lipinski definition) is 2. The monoisotopic (exact) mass is 329 g/mol. The summed E-state index contributed by atoms with van der Waals surface area (Å²) in [6.45, 7) is 3.85. The van der Waals surface area contributed by atoms with Crippen molar-refractivity contribution in [3.8, 4) is 11.4 Å². The fourth-order valence-electron chi connectivity index (χ4n) is 2.76. The summed E-state index contributed by atoms with van der Waals surface area (Å²) in [7, 11) is 0. The molecule has 2 aromatic rings. The predicted molar refractivity (Wildman–Crippen MR) is 92.9 cm³/mol.